The highest BCUT2D eigenvalue weighted by molar-refractivity contribution is 7.92. The lowest BCUT2D eigenvalue weighted by atomic mass is 10.1. The number of hydrogen-bond acceptors (Lipinski definition) is 4. The van der Waals surface area contributed by atoms with Gasteiger partial charge in [-0.3, -0.25) is 9.52 Å². The van der Waals surface area contributed by atoms with Crippen LogP contribution in [0.15, 0.2) is 90.3 Å². The van der Waals surface area contributed by atoms with Crippen LogP contribution >= 0.6 is 0 Å². The maximum atomic E-state index is 12.7. The molecule has 0 bridgehead atoms. The molecule has 0 aliphatic heterocycles. The number of amides is 1. The third-order valence-electron chi connectivity index (χ3n) is 4.36. The van der Waals surface area contributed by atoms with Crippen LogP contribution in [-0.2, 0) is 10.0 Å². The number of carbonyl (C=O) groups excluding carboxylic acids is 1. The van der Waals surface area contributed by atoms with E-state index in [-0.39, 0.29) is 10.8 Å². The van der Waals surface area contributed by atoms with Crippen molar-refractivity contribution in [1.29, 1.82) is 0 Å². The van der Waals surface area contributed by atoms with Crippen molar-refractivity contribution in [3.05, 3.63) is 96.6 Å². The molecule has 1 amide bonds. The number of nitrogens with one attached hydrogen (secondary N) is 2. The van der Waals surface area contributed by atoms with E-state index in [0.717, 1.165) is 0 Å². The lowest BCUT2D eigenvalue weighted by Crippen LogP contribution is -2.17. The fourth-order valence-corrected chi connectivity index (χ4v) is 3.93. The molecule has 0 fully saturated rings. The Morgan fingerprint density at radius 3 is 2.37 bits per heavy atom. The Labute approximate surface area is 176 Å². The van der Waals surface area contributed by atoms with Crippen molar-refractivity contribution in [3.63, 3.8) is 0 Å². The summed E-state index contributed by atoms with van der Waals surface area (Å²) in [5.41, 5.74) is 1.84. The Morgan fingerprint density at radius 2 is 1.70 bits per heavy atom. The van der Waals surface area contributed by atoms with Crippen molar-refractivity contribution in [2.45, 2.75) is 11.8 Å². The molecule has 0 unspecified atom stereocenters. The SMILES string of the molecule is C=CCOc1ccc(NC(=O)c2cccc(NS(=O)(=O)c3ccccc3)c2C)cc1. The molecule has 0 heterocycles. The van der Waals surface area contributed by atoms with E-state index >= 15 is 0 Å². The lowest BCUT2D eigenvalue weighted by Gasteiger charge is -2.14. The van der Waals surface area contributed by atoms with Gasteiger partial charge in [-0.1, -0.05) is 36.9 Å². The zero-order valence-corrected chi connectivity index (χ0v) is 17.3. The predicted octanol–water partition coefficient (Wildman–Crippen LogP) is 4.61. The number of carbonyl (C=O) groups is 1. The van der Waals surface area contributed by atoms with Crippen LogP contribution in [-0.4, -0.2) is 20.9 Å². The number of anilines is 2. The monoisotopic (exact) mass is 422 g/mol. The van der Waals surface area contributed by atoms with Gasteiger partial charge in [-0.15, -0.1) is 0 Å². The number of hydrogen-bond donors (Lipinski definition) is 2. The fourth-order valence-electron chi connectivity index (χ4n) is 2.78. The van der Waals surface area contributed by atoms with Crippen molar-refractivity contribution >= 4 is 27.3 Å². The van der Waals surface area contributed by atoms with Gasteiger partial charge in [0.2, 0.25) is 0 Å². The van der Waals surface area contributed by atoms with Gasteiger partial charge in [0.05, 0.1) is 10.6 Å². The molecule has 0 saturated carbocycles. The summed E-state index contributed by atoms with van der Waals surface area (Å²) in [5.74, 6) is 0.328. The lowest BCUT2D eigenvalue weighted by molar-refractivity contribution is 0.102. The summed E-state index contributed by atoms with van der Waals surface area (Å²) < 4.78 is 33.2. The van der Waals surface area contributed by atoms with E-state index in [0.29, 0.717) is 34.9 Å². The molecule has 0 saturated heterocycles. The zero-order chi connectivity index (χ0) is 21.6. The molecule has 154 valence electrons. The van der Waals surface area contributed by atoms with E-state index in [4.69, 9.17) is 4.74 Å². The normalized spacial score (nSPS) is 10.8. The first-order valence-electron chi connectivity index (χ1n) is 9.23. The summed E-state index contributed by atoms with van der Waals surface area (Å²) in [6.07, 6.45) is 1.65. The highest BCUT2D eigenvalue weighted by Gasteiger charge is 2.18. The quantitative estimate of drug-likeness (QED) is 0.519. The minimum Gasteiger partial charge on any atom is -0.490 e. The summed E-state index contributed by atoms with van der Waals surface area (Å²) in [5, 5.41) is 2.81. The maximum absolute atomic E-state index is 12.7. The number of rotatable bonds is 8. The van der Waals surface area contributed by atoms with Gasteiger partial charge in [0.1, 0.15) is 12.4 Å². The van der Waals surface area contributed by atoms with E-state index in [1.165, 1.54) is 12.1 Å². The van der Waals surface area contributed by atoms with Crippen molar-refractivity contribution in [2.24, 2.45) is 0 Å². The zero-order valence-electron chi connectivity index (χ0n) is 16.5. The third kappa shape index (κ3) is 5.07. The van der Waals surface area contributed by atoms with E-state index in [9.17, 15) is 13.2 Å². The molecule has 2 N–H and O–H groups in total. The first-order chi connectivity index (χ1) is 14.4. The second-order valence-corrected chi connectivity index (χ2v) is 8.16. The van der Waals surface area contributed by atoms with Crippen molar-refractivity contribution in [1.82, 2.24) is 0 Å². The molecular weight excluding hydrogens is 400 g/mol. The molecule has 7 heteroatoms. The highest BCUT2D eigenvalue weighted by atomic mass is 32.2. The van der Waals surface area contributed by atoms with Gasteiger partial charge in [-0.2, -0.15) is 0 Å². The van der Waals surface area contributed by atoms with Gasteiger partial charge < -0.3 is 10.1 Å². The first-order valence-corrected chi connectivity index (χ1v) is 10.7. The number of sulfonamides is 1. The smallest absolute Gasteiger partial charge is 0.261 e. The molecule has 3 aromatic rings. The number of benzene rings is 3. The van der Waals surface area contributed by atoms with Crippen molar-refractivity contribution in [2.75, 3.05) is 16.6 Å². The van der Waals surface area contributed by atoms with Gasteiger partial charge in [-0.25, -0.2) is 8.42 Å². The van der Waals surface area contributed by atoms with E-state index in [1.807, 2.05) is 0 Å². The molecule has 0 aromatic heterocycles. The molecule has 3 aromatic carbocycles. The van der Waals surface area contributed by atoms with E-state index < -0.39 is 10.0 Å². The second-order valence-electron chi connectivity index (χ2n) is 6.47. The average Bonchev–Trinajstić information content (AvgIpc) is 2.75. The van der Waals surface area contributed by atoms with Crippen LogP contribution in [0.3, 0.4) is 0 Å². The molecule has 0 atom stereocenters. The summed E-state index contributed by atoms with van der Waals surface area (Å²) in [4.78, 5) is 12.9. The Balaban J connectivity index is 1.77. The van der Waals surface area contributed by atoms with Crippen LogP contribution in [0.25, 0.3) is 0 Å². The van der Waals surface area contributed by atoms with Gasteiger partial charge in [0, 0.05) is 11.3 Å². The molecule has 0 aliphatic rings. The van der Waals surface area contributed by atoms with Crippen molar-refractivity contribution < 1.29 is 17.9 Å². The summed E-state index contributed by atoms with van der Waals surface area (Å²) >= 11 is 0. The molecule has 0 radical (unpaired) electrons. The maximum Gasteiger partial charge on any atom is 0.261 e. The molecule has 0 aliphatic carbocycles. The summed E-state index contributed by atoms with van der Waals surface area (Å²) in [6.45, 7) is 5.69. The van der Waals surface area contributed by atoms with Crippen LogP contribution in [0.2, 0.25) is 0 Å². The molecular formula is C23H22N2O4S. The van der Waals surface area contributed by atoms with Gasteiger partial charge in [-0.05, 0) is 61.0 Å². The Kier molecular flexibility index (Phi) is 6.54. The van der Waals surface area contributed by atoms with Crippen LogP contribution < -0.4 is 14.8 Å². The average molecular weight is 423 g/mol. The Bertz CT molecular complexity index is 1140. The largest absolute Gasteiger partial charge is 0.490 e. The van der Waals surface area contributed by atoms with Crippen LogP contribution in [0.1, 0.15) is 15.9 Å². The van der Waals surface area contributed by atoms with E-state index in [2.05, 4.69) is 16.6 Å². The molecule has 6 nitrogen and oxygen atoms in total. The topological polar surface area (TPSA) is 84.5 Å². The summed E-state index contributed by atoms with van der Waals surface area (Å²) in [7, 11) is -3.75. The highest BCUT2D eigenvalue weighted by Crippen LogP contribution is 2.24. The van der Waals surface area contributed by atoms with Crippen LogP contribution in [0, 0.1) is 6.92 Å². The molecule has 0 spiro atoms. The van der Waals surface area contributed by atoms with Crippen molar-refractivity contribution in [3.8, 4) is 5.75 Å². The molecule has 3 rings (SSSR count). The van der Waals surface area contributed by atoms with Crippen LogP contribution in [0.5, 0.6) is 5.75 Å². The second kappa shape index (κ2) is 9.28. The predicted molar refractivity (Wildman–Crippen MR) is 119 cm³/mol. The third-order valence-corrected chi connectivity index (χ3v) is 5.74. The Hall–Kier alpha value is -3.58. The summed E-state index contributed by atoms with van der Waals surface area (Å²) in [6, 6.07) is 19.9. The van der Waals surface area contributed by atoms with Crippen LogP contribution in [0.4, 0.5) is 11.4 Å². The molecule has 30 heavy (non-hydrogen) atoms. The Morgan fingerprint density at radius 1 is 1.00 bits per heavy atom. The minimum absolute atomic E-state index is 0.151. The van der Waals surface area contributed by atoms with E-state index in [1.54, 1.807) is 73.7 Å². The number of ether oxygens (including phenoxy) is 1. The minimum atomic E-state index is -3.75. The van der Waals surface area contributed by atoms with Gasteiger partial charge in [0.15, 0.2) is 0 Å². The van der Waals surface area contributed by atoms with Gasteiger partial charge >= 0.3 is 0 Å². The van der Waals surface area contributed by atoms with Gasteiger partial charge in [0.25, 0.3) is 15.9 Å². The fraction of sp³-hybridized carbons (Fsp3) is 0.0870. The standard InChI is InChI=1S/C23H22N2O4S/c1-3-16-29-19-14-12-18(13-15-19)24-23(26)21-10-7-11-22(17(21)2)25-30(27,28)20-8-5-4-6-9-20/h3-15,25H,1,16H2,2H3,(H,24,26). The first kappa shape index (κ1) is 21.1.